The first-order chi connectivity index (χ1) is 6.22. The van der Waals surface area contributed by atoms with Crippen LogP contribution in [0.25, 0.3) is 0 Å². The van der Waals surface area contributed by atoms with Crippen molar-refractivity contribution in [3.8, 4) is 6.07 Å². The first-order valence-corrected chi connectivity index (χ1v) is 4.89. The predicted molar refractivity (Wildman–Crippen MR) is 56.1 cm³/mol. The van der Waals surface area contributed by atoms with E-state index in [0.29, 0.717) is 0 Å². The van der Waals surface area contributed by atoms with Crippen molar-refractivity contribution >= 4 is 15.9 Å². The molecule has 0 radical (unpaired) electrons. The summed E-state index contributed by atoms with van der Waals surface area (Å²) in [5, 5.41) is 11.6. The number of hydrogen-bond donors (Lipinski definition) is 1. The van der Waals surface area contributed by atoms with Gasteiger partial charge >= 0.3 is 0 Å². The summed E-state index contributed by atoms with van der Waals surface area (Å²) in [6, 6.07) is 10.1. The van der Waals surface area contributed by atoms with E-state index in [-0.39, 0.29) is 6.04 Å². The highest BCUT2D eigenvalue weighted by molar-refractivity contribution is 9.10. The molecule has 1 aromatic carbocycles. The second-order valence-electron chi connectivity index (χ2n) is 2.86. The maximum Gasteiger partial charge on any atom is 0.0927 e. The van der Waals surface area contributed by atoms with E-state index >= 15 is 0 Å². The molecule has 0 aliphatic heterocycles. The minimum absolute atomic E-state index is 0.0982. The summed E-state index contributed by atoms with van der Waals surface area (Å²) >= 11 is 3.39. The van der Waals surface area contributed by atoms with Crippen LogP contribution in [0.1, 0.15) is 12.5 Å². The van der Waals surface area contributed by atoms with Crippen LogP contribution in [0.3, 0.4) is 0 Å². The second kappa shape index (κ2) is 5.00. The van der Waals surface area contributed by atoms with Gasteiger partial charge < -0.3 is 0 Å². The Morgan fingerprint density at radius 1 is 1.62 bits per heavy atom. The van der Waals surface area contributed by atoms with Crippen LogP contribution < -0.4 is 5.32 Å². The number of rotatable bonds is 3. The fourth-order valence-electron chi connectivity index (χ4n) is 0.964. The van der Waals surface area contributed by atoms with Crippen LogP contribution in [0.4, 0.5) is 0 Å². The minimum atomic E-state index is -0.0982. The fourth-order valence-corrected chi connectivity index (χ4v) is 1.41. The molecule has 0 heterocycles. The van der Waals surface area contributed by atoms with E-state index in [1.54, 1.807) is 0 Å². The Bertz CT molecular complexity index is 317. The molecule has 1 unspecified atom stereocenters. The molecule has 0 aliphatic rings. The Morgan fingerprint density at radius 3 is 3.00 bits per heavy atom. The number of nitrogens with zero attached hydrogens (tertiary/aromatic N) is 1. The van der Waals surface area contributed by atoms with Gasteiger partial charge in [0.25, 0.3) is 0 Å². The predicted octanol–water partition coefficient (Wildman–Crippen LogP) is 2.45. The molecular formula is C10H11BrN2. The van der Waals surface area contributed by atoms with Crippen molar-refractivity contribution < 1.29 is 0 Å². The lowest BCUT2D eigenvalue weighted by molar-refractivity contribution is 0.642. The fraction of sp³-hybridized carbons (Fsp3) is 0.300. The molecule has 0 bridgehead atoms. The molecule has 0 saturated heterocycles. The number of nitrogens with one attached hydrogen (secondary N) is 1. The zero-order chi connectivity index (χ0) is 9.68. The van der Waals surface area contributed by atoms with Crippen molar-refractivity contribution in [3.05, 3.63) is 34.3 Å². The van der Waals surface area contributed by atoms with Crippen LogP contribution in [0.15, 0.2) is 28.7 Å². The summed E-state index contributed by atoms with van der Waals surface area (Å²) in [6.07, 6.45) is 0. The molecule has 3 heteroatoms. The van der Waals surface area contributed by atoms with Gasteiger partial charge in [0.15, 0.2) is 0 Å². The molecule has 0 aliphatic carbocycles. The standard InChI is InChI=1S/C10H11BrN2/c1-8(6-12)13-7-9-3-2-4-10(11)5-9/h2-5,8,13H,7H2,1H3. The third-order valence-corrected chi connectivity index (χ3v) is 2.19. The summed E-state index contributed by atoms with van der Waals surface area (Å²) in [6.45, 7) is 2.58. The first kappa shape index (κ1) is 10.2. The second-order valence-corrected chi connectivity index (χ2v) is 3.78. The number of nitriles is 1. The van der Waals surface area contributed by atoms with Crippen LogP contribution in [0.2, 0.25) is 0 Å². The minimum Gasteiger partial charge on any atom is -0.298 e. The lowest BCUT2D eigenvalue weighted by Gasteiger charge is -2.05. The summed E-state index contributed by atoms with van der Waals surface area (Å²) in [5.74, 6) is 0. The van der Waals surface area contributed by atoms with Crippen molar-refractivity contribution in [2.45, 2.75) is 19.5 Å². The van der Waals surface area contributed by atoms with E-state index in [4.69, 9.17) is 5.26 Å². The van der Waals surface area contributed by atoms with Crippen molar-refractivity contribution in [3.63, 3.8) is 0 Å². The van der Waals surface area contributed by atoms with Gasteiger partial charge in [-0.25, -0.2) is 0 Å². The molecule has 0 fully saturated rings. The zero-order valence-corrected chi connectivity index (χ0v) is 9.01. The molecule has 1 aromatic rings. The van der Waals surface area contributed by atoms with Gasteiger partial charge in [-0.15, -0.1) is 0 Å². The van der Waals surface area contributed by atoms with Gasteiger partial charge in [-0.1, -0.05) is 28.1 Å². The molecule has 0 aromatic heterocycles. The molecule has 2 nitrogen and oxygen atoms in total. The summed E-state index contributed by atoms with van der Waals surface area (Å²) < 4.78 is 1.07. The van der Waals surface area contributed by atoms with E-state index in [9.17, 15) is 0 Å². The van der Waals surface area contributed by atoms with Crippen LogP contribution in [-0.2, 0) is 6.54 Å². The van der Waals surface area contributed by atoms with Crippen LogP contribution in [-0.4, -0.2) is 6.04 Å². The number of benzene rings is 1. The van der Waals surface area contributed by atoms with Gasteiger partial charge in [0.1, 0.15) is 0 Å². The van der Waals surface area contributed by atoms with Gasteiger partial charge in [0, 0.05) is 11.0 Å². The lowest BCUT2D eigenvalue weighted by Crippen LogP contribution is -2.23. The monoisotopic (exact) mass is 238 g/mol. The maximum absolute atomic E-state index is 8.55. The molecule has 0 amide bonds. The normalized spacial score (nSPS) is 12.1. The third kappa shape index (κ3) is 3.58. The molecular weight excluding hydrogens is 228 g/mol. The molecule has 13 heavy (non-hydrogen) atoms. The smallest absolute Gasteiger partial charge is 0.0927 e. The van der Waals surface area contributed by atoms with Crippen LogP contribution in [0.5, 0.6) is 0 Å². The molecule has 0 saturated carbocycles. The van der Waals surface area contributed by atoms with E-state index < -0.39 is 0 Å². The van der Waals surface area contributed by atoms with Crippen LogP contribution >= 0.6 is 15.9 Å². The van der Waals surface area contributed by atoms with Gasteiger partial charge in [-0.05, 0) is 24.6 Å². The Hall–Kier alpha value is -0.850. The Kier molecular flexibility index (Phi) is 3.94. The number of hydrogen-bond acceptors (Lipinski definition) is 2. The van der Waals surface area contributed by atoms with E-state index in [1.165, 1.54) is 5.56 Å². The highest BCUT2D eigenvalue weighted by Gasteiger charge is 1.98. The van der Waals surface area contributed by atoms with Crippen molar-refractivity contribution in [1.29, 1.82) is 5.26 Å². The Balaban J connectivity index is 2.51. The molecule has 0 spiro atoms. The molecule has 1 N–H and O–H groups in total. The highest BCUT2D eigenvalue weighted by Crippen LogP contribution is 2.11. The summed E-state index contributed by atoms with van der Waals surface area (Å²) in [5.41, 5.74) is 1.18. The lowest BCUT2D eigenvalue weighted by atomic mass is 10.2. The zero-order valence-electron chi connectivity index (χ0n) is 7.42. The number of halogens is 1. The SMILES string of the molecule is CC(C#N)NCc1cccc(Br)c1. The van der Waals surface area contributed by atoms with E-state index in [2.05, 4.69) is 27.3 Å². The topological polar surface area (TPSA) is 35.8 Å². The quantitative estimate of drug-likeness (QED) is 0.879. The van der Waals surface area contributed by atoms with Crippen LogP contribution in [0, 0.1) is 11.3 Å². The van der Waals surface area contributed by atoms with Gasteiger partial charge in [-0.3, -0.25) is 5.32 Å². The van der Waals surface area contributed by atoms with E-state index in [0.717, 1.165) is 11.0 Å². The first-order valence-electron chi connectivity index (χ1n) is 4.10. The van der Waals surface area contributed by atoms with E-state index in [1.807, 2.05) is 31.2 Å². The highest BCUT2D eigenvalue weighted by atomic mass is 79.9. The average Bonchev–Trinajstić information content (AvgIpc) is 2.14. The largest absolute Gasteiger partial charge is 0.298 e. The molecule has 1 rings (SSSR count). The summed E-state index contributed by atoms with van der Waals surface area (Å²) in [4.78, 5) is 0. The van der Waals surface area contributed by atoms with Crippen molar-refractivity contribution in [1.82, 2.24) is 5.32 Å². The summed E-state index contributed by atoms with van der Waals surface area (Å²) in [7, 11) is 0. The maximum atomic E-state index is 8.55. The third-order valence-electron chi connectivity index (χ3n) is 1.70. The van der Waals surface area contributed by atoms with Gasteiger partial charge in [0.2, 0.25) is 0 Å². The molecule has 68 valence electrons. The average molecular weight is 239 g/mol. The van der Waals surface area contributed by atoms with Gasteiger partial charge in [0.05, 0.1) is 12.1 Å². The Morgan fingerprint density at radius 2 is 2.38 bits per heavy atom. The van der Waals surface area contributed by atoms with Crippen molar-refractivity contribution in [2.24, 2.45) is 0 Å². The van der Waals surface area contributed by atoms with Crippen molar-refractivity contribution in [2.75, 3.05) is 0 Å². The molecule has 1 atom stereocenters. The van der Waals surface area contributed by atoms with Gasteiger partial charge in [-0.2, -0.15) is 5.26 Å². The Labute approximate surface area is 86.7 Å².